The van der Waals surface area contributed by atoms with E-state index in [0.29, 0.717) is 5.54 Å². The summed E-state index contributed by atoms with van der Waals surface area (Å²) in [6.07, 6.45) is 4.68. The normalized spacial score (nSPS) is 18.4. The molecule has 0 saturated heterocycles. The van der Waals surface area contributed by atoms with Gasteiger partial charge in [-0.3, -0.25) is 0 Å². The Hall–Kier alpha value is -0.770. The average Bonchev–Trinajstić information content (AvgIpc) is 2.35. The lowest BCUT2D eigenvalue weighted by Crippen LogP contribution is -2.56. The highest BCUT2D eigenvalue weighted by Gasteiger charge is 2.40. The Bertz CT molecular complexity index is 481. The molecule has 118 valence electrons. The molecule has 21 heavy (non-hydrogen) atoms. The van der Waals surface area contributed by atoms with Gasteiger partial charge in [0, 0.05) is 35.9 Å². The number of hydrogen-bond acceptors (Lipinski definition) is 3. The number of likely N-dealkylation sites (N-methyl/N-ethyl adjacent to an activating group) is 2. The molecule has 0 radical (unpaired) electrons. The van der Waals surface area contributed by atoms with Crippen molar-refractivity contribution >= 4 is 17.3 Å². The molecule has 1 aromatic carbocycles. The topological polar surface area (TPSA) is 32.5 Å². The summed E-state index contributed by atoms with van der Waals surface area (Å²) in [5, 5.41) is 0.823. The van der Waals surface area contributed by atoms with Gasteiger partial charge in [0.25, 0.3) is 0 Å². The van der Waals surface area contributed by atoms with Crippen molar-refractivity contribution in [1.82, 2.24) is 4.90 Å². The molecular formula is C17H28ClN3. The van der Waals surface area contributed by atoms with Crippen molar-refractivity contribution in [2.24, 2.45) is 5.73 Å². The van der Waals surface area contributed by atoms with Gasteiger partial charge in [-0.15, -0.1) is 0 Å². The maximum absolute atomic E-state index is 6.41. The quantitative estimate of drug-likeness (QED) is 0.876. The van der Waals surface area contributed by atoms with Crippen LogP contribution in [-0.2, 0) is 6.42 Å². The van der Waals surface area contributed by atoms with Gasteiger partial charge < -0.3 is 15.5 Å². The van der Waals surface area contributed by atoms with Crippen LogP contribution in [0.15, 0.2) is 18.2 Å². The Kier molecular flexibility index (Phi) is 5.18. The predicted octanol–water partition coefficient (Wildman–Crippen LogP) is 3.15. The van der Waals surface area contributed by atoms with Crippen LogP contribution < -0.4 is 10.6 Å². The summed E-state index contributed by atoms with van der Waals surface area (Å²) in [5.41, 5.74) is 8.68. The maximum atomic E-state index is 6.41. The maximum Gasteiger partial charge on any atom is 0.0459 e. The molecule has 2 N–H and O–H groups in total. The van der Waals surface area contributed by atoms with Crippen LogP contribution in [0.3, 0.4) is 0 Å². The van der Waals surface area contributed by atoms with Gasteiger partial charge in [-0.1, -0.05) is 17.7 Å². The molecule has 0 aromatic heterocycles. The second kappa shape index (κ2) is 6.55. The van der Waals surface area contributed by atoms with E-state index in [0.717, 1.165) is 18.0 Å². The highest BCUT2D eigenvalue weighted by Crippen LogP contribution is 2.38. The molecule has 4 heteroatoms. The van der Waals surface area contributed by atoms with Crippen molar-refractivity contribution < 1.29 is 0 Å². The molecular weight excluding hydrogens is 282 g/mol. The highest BCUT2D eigenvalue weighted by molar-refractivity contribution is 6.31. The van der Waals surface area contributed by atoms with Gasteiger partial charge in [-0.05, 0) is 64.4 Å². The molecule has 0 amide bonds. The molecule has 0 heterocycles. The van der Waals surface area contributed by atoms with Crippen LogP contribution >= 0.6 is 11.6 Å². The summed E-state index contributed by atoms with van der Waals surface area (Å²) in [4.78, 5) is 4.73. The summed E-state index contributed by atoms with van der Waals surface area (Å²) in [7, 11) is 6.54. The molecule has 1 fully saturated rings. The first-order chi connectivity index (χ1) is 9.85. The smallest absolute Gasteiger partial charge is 0.0459 e. The molecule has 1 unspecified atom stereocenters. The lowest BCUT2D eigenvalue weighted by molar-refractivity contribution is 0.0683. The van der Waals surface area contributed by atoms with Crippen molar-refractivity contribution in [2.75, 3.05) is 32.6 Å². The zero-order valence-corrected chi connectivity index (χ0v) is 14.5. The molecule has 1 aliphatic rings. The van der Waals surface area contributed by atoms with E-state index < -0.39 is 0 Å². The number of nitrogens with zero attached hydrogens (tertiary/aromatic N) is 2. The van der Waals surface area contributed by atoms with Crippen molar-refractivity contribution in [3.63, 3.8) is 0 Å². The van der Waals surface area contributed by atoms with E-state index in [9.17, 15) is 0 Å². The highest BCUT2D eigenvalue weighted by atomic mass is 35.5. The van der Waals surface area contributed by atoms with Gasteiger partial charge in [0.15, 0.2) is 0 Å². The van der Waals surface area contributed by atoms with Crippen molar-refractivity contribution in [3.8, 4) is 0 Å². The van der Waals surface area contributed by atoms with Gasteiger partial charge >= 0.3 is 0 Å². The minimum absolute atomic E-state index is 0.114. The number of hydrogen-bond donors (Lipinski definition) is 1. The number of rotatable bonds is 6. The van der Waals surface area contributed by atoms with Crippen molar-refractivity contribution in [2.45, 2.75) is 44.2 Å². The lowest BCUT2D eigenvalue weighted by atomic mass is 9.75. The number of halogens is 1. The second-order valence-corrected chi connectivity index (χ2v) is 7.15. The Morgan fingerprint density at radius 1 is 1.29 bits per heavy atom. The first-order valence-electron chi connectivity index (χ1n) is 7.77. The van der Waals surface area contributed by atoms with Crippen molar-refractivity contribution in [1.29, 1.82) is 0 Å². The summed E-state index contributed by atoms with van der Waals surface area (Å²) < 4.78 is 0. The fourth-order valence-corrected chi connectivity index (χ4v) is 3.53. The molecule has 1 aliphatic carbocycles. The van der Waals surface area contributed by atoms with Gasteiger partial charge in [0.1, 0.15) is 0 Å². The number of nitrogens with two attached hydrogens (primary N) is 1. The number of anilines is 1. The minimum Gasteiger partial charge on any atom is -0.372 e. The van der Waals surface area contributed by atoms with E-state index in [-0.39, 0.29) is 6.04 Å². The van der Waals surface area contributed by atoms with E-state index >= 15 is 0 Å². The van der Waals surface area contributed by atoms with Crippen LogP contribution in [0, 0.1) is 0 Å². The molecule has 1 aromatic rings. The van der Waals surface area contributed by atoms with E-state index in [1.165, 1.54) is 30.5 Å². The summed E-state index contributed by atoms with van der Waals surface area (Å²) in [6, 6.07) is 6.26. The Morgan fingerprint density at radius 2 is 1.95 bits per heavy atom. The molecule has 1 saturated carbocycles. The third kappa shape index (κ3) is 3.53. The SMILES string of the molecule is CC(N)Cc1c(Cl)cccc1N(C)CC1(N(C)C)CCC1. The van der Waals surface area contributed by atoms with E-state index in [4.69, 9.17) is 17.3 Å². The van der Waals surface area contributed by atoms with Gasteiger partial charge in [-0.2, -0.15) is 0 Å². The number of benzene rings is 1. The fourth-order valence-electron chi connectivity index (χ4n) is 3.29. The first kappa shape index (κ1) is 16.6. The molecule has 0 aliphatic heterocycles. The van der Waals surface area contributed by atoms with Crippen molar-refractivity contribution in [3.05, 3.63) is 28.8 Å². The second-order valence-electron chi connectivity index (χ2n) is 6.75. The third-order valence-corrected chi connectivity index (χ3v) is 5.15. The first-order valence-corrected chi connectivity index (χ1v) is 8.15. The fraction of sp³-hybridized carbons (Fsp3) is 0.647. The van der Waals surface area contributed by atoms with Gasteiger partial charge in [0.2, 0.25) is 0 Å². The van der Waals surface area contributed by atoms with E-state index in [2.05, 4.69) is 37.0 Å². The van der Waals surface area contributed by atoms with Gasteiger partial charge in [0.05, 0.1) is 0 Å². The zero-order valence-electron chi connectivity index (χ0n) is 13.7. The Morgan fingerprint density at radius 3 is 2.43 bits per heavy atom. The van der Waals surface area contributed by atoms with E-state index in [1.807, 2.05) is 19.1 Å². The molecule has 1 atom stereocenters. The summed E-state index contributed by atoms with van der Waals surface area (Å²) in [5.74, 6) is 0. The Balaban J connectivity index is 2.22. The summed E-state index contributed by atoms with van der Waals surface area (Å²) in [6.45, 7) is 3.06. The Labute approximate surface area is 134 Å². The molecule has 2 rings (SSSR count). The molecule has 0 spiro atoms. The minimum atomic E-state index is 0.114. The summed E-state index contributed by atoms with van der Waals surface area (Å²) >= 11 is 6.41. The van der Waals surface area contributed by atoms with E-state index in [1.54, 1.807) is 0 Å². The van der Waals surface area contributed by atoms with Crippen LogP contribution in [0.2, 0.25) is 5.02 Å². The van der Waals surface area contributed by atoms with Crippen LogP contribution in [0.1, 0.15) is 31.7 Å². The van der Waals surface area contributed by atoms with Crippen LogP contribution in [0.25, 0.3) is 0 Å². The third-order valence-electron chi connectivity index (χ3n) is 4.80. The standard InChI is InChI=1S/C17H28ClN3/c1-13(19)11-14-15(18)7-5-8-16(14)21(4)12-17(20(2)3)9-6-10-17/h5,7-8,13H,6,9-12,19H2,1-4H3. The molecule has 3 nitrogen and oxygen atoms in total. The van der Waals surface area contributed by atoms with Crippen LogP contribution in [-0.4, -0.2) is 44.2 Å². The predicted molar refractivity (Wildman–Crippen MR) is 92.3 cm³/mol. The zero-order chi connectivity index (χ0) is 15.6. The van der Waals surface area contributed by atoms with Gasteiger partial charge in [-0.25, -0.2) is 0 Å². The average molecular weight is 310 g/mol. The molecule has 0 bridgehead atoms. The monoisotopic (exact) mass is 309 g/mol. The largest absolute Gasteiger partial charge is 0.372 e. The lowest BCUT2D eigenvalue weighted by Gasteiger charge is -2.49. The van der Waals surface area contributed by atoms with Crippen LogP contribution in [0.5, 0.6) is 0 Å². The van der Waals surface area contributed by atoms with Crippen LogP contribution in [0.4, 0.5) is 5.69 Å².